The molecular formula is C12H15NO3. The Morgan fingerprint density at radius 3 is 2.56 bits per heavy atom. The van der Waals surface area contributed by atoms with Gasteiger partial charge in [-0.2, -0.15) is 0 Å². The van der Waals surface area contributed by atoms with Gasteiger partial charge in [0.2, 0.25) is 0 Å². The number of nitrogens with one attached hydrogen (secondary N) is 1. The predicted molar refractivity (Wildman–Crippen MR) is 60.6 cm³/mol. The molecule has 1 fully saturated rings. The van der Waals surface area contributed by atoms with Gasteiger partial charge in [-0.25, -0.2) is 4.79 Å². The molecule has 0 saturated carbocycles. The molecule has 1 saturated heterocycles. The molecule has 4 nitrogen and oxygen atoms in total. The Morgan fingerprint density at radius 1 is 1.38 bits per heavy atom. The lowest BCUT2D eigenvalue weighted by Gasteiger charge is -2.10. The maximum absolute atomic E-state index is 11.4. The van der Waals surface area contributed by atoms with Gasteiger partial charge in [-0.1, -0.05) is 0 Å². The fourth-order valence-electron chi connectivity index (χ4n) is 1.76. The highest BCUT2D eigenvalue weighted by molar-refractivity contribution is 5.81. The topological polar surface area (TPSA) is 47.6 Å². The highest BCUT2D eigenvalue weighted by Gasteiger charge is 2.31. The minimum Gasteiger partial charge on any atom is -0.497 e. The van der Waals surface area contributed by atoms with E-state index in [0.29, 0.717) is 6.42 Å². The first-order chi connectivity index (χ1) is 7.69. The third-order valence-electron chi connectivity index (χ3n) is 2.60. The molecule has 0 bridgehead atoms. The van der Waals surface area contributed by atoms with E-state index in [0.717, 1.165) is 11.4 Å². The maximum atomic E-state index is 11.4. The standard InChI is InChI=1S/C12H15NO3/c1-8-7-11(12(14)16-8)13-9-3-5-10(15-2)6-4-9/h3-6,8,11,13H,7H2,1-2H3/t8-,11+/m0/s1. The lowest BCUT2D eigenvalue weighted by Crippen LogP contribution is -2.24. The average Bonchev–Trinajstić information content (AvgIpc) is 2.59. The second-order valence-electron chi connectivity index (χ2n) is 3.91. The van der Waals surface area contributed by atoms with E-state index >= 15 is 0 Å². The molecule has 1 aromatic rings. The fraction of sp³-hybridized carbons (Fsp3) is 0.417. The van der Waals surface area contributed by atoms with Gasteiger partial charge in [0, 0.05) is 12.1 Å². The van der Waals surface area contributed by atoms with Crippen LogP contribution < -0.4 is 10.1 Å². The molecule has 1 heterocycles. The van der Waals surface area contributed by atoms with E-state index in [9.17, 15) is 4.79 Å². The van der Waals surface area contributed by atoms with E-state index in [4.69, 9.17) is 9.47 Å². The van der Waals surface area contributed by atoms with Gasteiger partial charge in [0.05, 0.1) is 7.11 Å². The van der Waals surface area contributed by atoms with Crippen LogP contribution in [0.3, 0.4) is 0 Å². The van der Waals surface area contributed by atoms with Gasteiger partial charge in [0.15, 0.2) is 0 Å². The maximum Gasteiger partial charge on any atom is 0.328 e. The van der Waals surface area contributed by atoms with Crippen molar-refractivity contribution in [2.75, 3.05) is 12.4 Å². The zero-order valence-electron chi connectivity index (χ0n) is 9.40. The number of carbonyl (C=O) groups is 1. The fourth-order valence-corrected chi connectivity index (χ4v) is 1.76. The van der Waals surface area contributed by atoms with Crippen molar-refractivity contribution in [2.45, 2.75) is 25.5 Å². The molecule has 4 heteroatoms. The van der Waals surface area contributed by atoms with Gasteiger partial charge in [0.1, 0.15) is 17.9 Å². The number of esters is 1. The molecule has 0 aromatic heterocycles. The molecule has 1 N–H and O–H groups in total. The summed E-state index contributed by atoms with van der Waals surface area (Å²) >= 11 is 0. The second kappa shape index (κ2) is 4.43. The first-order valence-electron chi connectivity index (χ1n) is 5.30. The van der Waals surface area contributed by atoms with Crippen molar-refractivity contribution < 1.29 is 14.3 Å². The third kappa shape index (κ3) is 2.27. The van der Waals surface area contributed by atoms with Crippen LogP contribution >= 0.6 is 0 Å². The van der Waals surface area contributed by atoms with Crippen molar-refractivity contribution in [2.24, 2.45) is 0 Å². The van der Waals surface area contributed by atoms with Gasteiger partial charge in [0.25, 0.3) is 0 Å². The molecule has 1 aromatic carbocycles. The molecule has 2 atom stereocenters. The Kier molecular flexibility index (Phi) is 2.99. The number of hydrogen-bond acceptors (Lipinski definition) is 4. The van der Waals surface area contributed by atoms with Crippen LogP contribution in [0, 0.1) is 0 Å². The largest absolute Gasteiger partial charge is 0.497 e. The molecule has 1 aliphatic heterocycles. The smallest absolute Gasteiger partial charge is 0.328 e. The van der Waals surface area contributed by atoms with Crippen molar-refractivity contribution in [1.82, 2.24) is 0 Å². The number of hydrogen-bond donors (Lipinski definition) is 1. The summed E-state index contributed by atoms with van der Waals surface area (Å²) < 4.78 is 10.1. The number of methoxy groups -OCH3 is 1. The van der Waals surface area contributed by atoms with Crippen LogP contribution in [0.4, 0.5) is 5.69 Å². The SMILES string of the molecule is COc1ccc(N[C@@H]2C[C@H](C)OC2=O)cc1. The van der Waals surface area contributed by atoms with Gasteiger partial charge >= 0.3 is 5.97 Å². The normalized spacial score (nSPS) is 24.0. The lowest BCUT2D eigenvalue weighted by atomic mass is 10.2. The predicted octanol–water partition coefficient (Wildman–Crippen LogP) is 1.81. The number of cyclic esters (lactones) is 1. The minimum absolute atomic E-state index is 0.00301. The molecular weight excluding hydrogens is 206 g/mol. The molecule has 0 radical (unpaired) electrons. The Bertz CT molecular complexity index is 374. The van der Waals surface area contributed by atoms with Crippen LogP contribution in [0.5, 0.6) is 5.75 Å². The zero-order chi connectivity index (χ0) is 11.5. The summed E-state index contributed by atoms with van der Waals surface area (Å²) in [5.41, 5.74) is 0.900. The summed E-state index contributed by atoms with van der Waals surface area (Å²) in [6.07, 6.45) is 0.716. The summed E-state index contributed by atoms with van der Waals surface area (Å²) in [5.74, 6) is 0.622. The van der Waals surface area contributed by atoms with Crippen LogP contribution in [0.25, 0.3) is 0 Å². The van der Waals surface area contributed by atoms with E-state index in [2.05, 4.69) is 5.32 Å². The molecule has 16 heavy (non-hydrogen) atoms. The summed E-state index contributed by atoms with van der Waals surface area (Å²) in [6, 6.07) is 7.24. The number of benzene rings is 1. The second-order valence-corrected chi connectivity index (χ2v) is 3.91. The highest BCUT2D eigenvalue weighted by atomic mass is 16.6. The van der Waals surface area contributed by atoms with Gasteiger partial charge in [-0.3, -0.25) is 0 Å². The highest BCUT2D eigenvalue weighted by Crippen LogP contribution is 2.21. The molecule has 1 aliphatic rings. The summed E-state index contributed by atoms with van der Waals surface area (Å²) in [7, 11) is 1.62. The quantitative estimate of drug-likeness (QED) is 0.791. The van der Waals surface area contributed by atoms with Gasteiger partial charge in [-0.05, 0) is 31.2 Å². The van der Waals surface area contributed by atoms with Crippen LogP contribution in [0.1, 0.15) is 13.3 Å². The van der Waals surface area contributed by atoms with Crippen molar-refractivity contribution >= 4 is 11.7 Å². The molecule has 0 spiro atoms. The summed E-state index contributed by atoms with van der Waals surface area (Å²) in [6.45, 7) is 1.90. The van der Waals surface area contributed by atoms with Crippen molar-refractivity contribution in [3.63, 3.8) is 0 Å². The molecule has 0 aliphatic carbocycles. The molecule has 86 valence electrons. The molecule has 0 unspecified atom stereocenters. The van der Waals surface area contributed by atoms with Crippen molar-refractivity contribution in [3.05, 3.63) is 24.3 Å². The van der Waals surface area contributed by atoms with E-state index in [-0.39, 0.29) is 18.1 Å². The first-order valence-corrected chi connectivity index (χ1v) is 5.30. The Morgan fingerprint density at radius 2 is 2.06 bits per heavy atom. The number of carbonyl (C=O) groups excluding carboxylic acids is 1. The van der Waals surface area contributed by atoms with Gasteiger partial charge in [-0.15, -0.1) is 0 Å². The van der Waals surface area contributed by atoms with Crippen LogP contribution in [-0.4, -0.2) is 25.2 Å². The molecule has 2 rings (SSSR count). The lowest BCUT2D eigenvalue weighted by molar-refractivity contribution is -0.141. The third-order valence-corrected chi connectivity index (χ3v) is 2.60. The van der Waals surface area contributed by atoms with E-state index in [1.165, 1.54) is 0 Å². The van der Waals surface area contributed by atoms with Crippen LogP contribution in [0.2, 0.25) is 0 Å². The van der Waals surface area contributed by atoms with E-state index in [1.54, 1.807) is 7.11 Å². The zero-order valence-corrected chi connectivity index (χ0v) is 9.40. The number of anilines is 1. The van der Waals surface area contributed by atoms with E-state index < -0.39 is 0 Å². The van der Waals surface area contributed by atoms with Crippen molar-refractivity contribution in [1.29, 1.82) is 0 Å². The number of rotatable bonds is 3. The summed E-state index contributed by atoms with van der Waals surface area (Å²) in [5, 5.41) is 3.14. The Labute approximate surface area is 94.6 Å². The van der Waals surface area contributed by atoms with Crippen LogP contribution in [-0.2, 0) is 9.53 Å². The monoisotopic (exact) mass is 221 g/mol. The molecule has 0 amide bonds. The minimum atomic E-state index is -0.233. The number of ether oxygens (including phenoxy) is 2. The Balaban J connectivity index is 2.01. The first kappa shape index (κ1) is 10.8. The Hall–Kier alpha value is -1.71. The summed E-state index contributed by atoms with van der Waals surface area (Å²) in [4.78, 5) is 11.4. The van der Waals surface area contributed by atoms with Crippen molar-refractivity contribution in [3.8, 4) is 5.75 Å². The average molecular weight is 221 g/mol. The van der Waals surface area contributed by atoms with E-state index in [1.807, 2.05) is 31.2 Å². The van der Waals surface area contributed by atoms with Gasteiger partial charge < -0.3 is 14.8 Å². The van der Waals surface area contributed by atoms with Crippen LogP contribution in [0.15, 0.2) is 24.3 Å².